The number of rotatable bonds is 6. The Kier molecular flexibility index (Phi) is 4.98. The van der Waals surface area contributed by atoms with Crippen LogP contribution in [0.3, 0.4) is 0 Å². The minimum absolute atomic E-state index is 0.110. The third kappa shape index (κ3) is 2.59. The summed E-state index contributed by atoms with van der Waals surface area (Å²) in [6, 6.07) is 0. The van der Waals surface area contributed by atoms with Gasteiger partial charge in [0.15, 0.2) is 11.2 Å². The van der Waals surface area contributed by atoms with E-state index in [4.69, 9.17) is 14.2 Å². The molecule has 4 fully saturated rings. The molecule has 4 saturated carbocycles. The number of carbonyl (C=O) groups is 2. The van der Waals surface area contributed by atoms with Gasteiger partial charge in [0.05, 0.1) is 0 Å². The van der Waals surface area contributed by atoms with Crippen LogP contribution in [-0.4, -0.2) is 37.4 Å². The van der Waals surface area contributed by atoms with Crippen molar-refractivity contribution in [3.8, 4) is 0 Å². The fourth-order valence-electron chi connectivity index (χ4n) is 7.91. The number of ether oxygens (including phenoxy) is 3. The Morgan fingerprint density at radius 2 is 0.966 bits per heavy atom. The zero-order valence-electron chi connectivity index (χ0n) is 19.0. The van der Waals surface area contributed by atoms with E-state index in [0.717, 1.165) is 25.7 Å². The van der Waals surface area contributed by atoms with Crippen molar-refractivity contribution < 1.29 is 23.8 Å². The van der Waals surface area contributed by atoms with Crippen molar-refractivity contribution in [1.82, 2.24) is 0 Å². The van der Waals surface area contributed by atoms with Crippen molar-refractivity contribution in [2.24, 2.45) is 34.5 Å². The SMILES string of the molecule is COC1(C(=O)OC(=O)C2(OC)C(C3CCCC3)C2(C)C)C(C2CCCC2)C1(C)C. The van der Waals surface area contributed by atoms with E-state index in [-0.39, 0.29) is 22.7 Å². The summed E-state index contributed by atoms with van der Waals surface area (Å²) in [6.07, 6.45) is 9.31. The molecule has 4 unspecified atom stereocenters. The van der Waals surface area contributed by atoms with Crippen LogP contribution in [0.25, 0.3) is 0 Å². The molecule has 0 aromatic rings. The fraction of sp³-hybridized carbons (Fsp3) is 0.917. The first-order chi connectivity index (χ1) is 13.6. The van der Waals surface area contributed by atoms with Gasteiger partial charge in [-0.05, 0) is 11.8 Å². The van der Waals surface area contributed by atoms with Gasteiger partial charge in [-0.1, -0.05) is 79.1 Å². The minimum Gasteiger partial charge on any atom is -0.389 e. The summed E-state index contributed by atoms with van der Waals surface area (Å²) in [5, 5.41) is 0. The van der Waals surface area contributed by atoms with Crippen molar-refractivity contribution >= 4 is 11.9 Å². The van der Waals surface area contributed by atoms with Crippen LogP contribution in [-0.2, 0) is 23.8 Å². The number of hydrogen-bond donors (Lipinski definition) is 0. The molecular formula is C24H38O5. The number of carbonyl (C=O) groups excluding carboxylic acids is 2. The zero-order valence-corrected chi connectivity index (χ0v) is 19.0. The molecule has 0 aromatic heterocycles. The molecule has 4 aliphatic rings. The average Bonchev–Trinajstić information content (AvgIpc) is 3.17. The molecular weight excluding hydrogens is 368 g/mol. The van der Waals surface area contributed by atoms with E-state index in [1.165, 1.54) is 25.7 Å². The molecule has 0 radical (unpaired) electrons. The number of esters is 2. The van der Waals surface area contributed by atoms with E-state index < -0.39 is 23.1 Å². The lowest BCUT2D eigenvalue weighted by atomic mass is 9.96. The molecule has 0 heterocycles. The second-order valence-electron chi connectivity index (χ2n) is 11.0. The largest absolute Gasteiger partial charge is 0.389 e. The van der Waals surface area contributed by atoms with Gasteiger partial charge >= 0.3 is 11.9 Å². The Morgan fingerprint density at radius 1 is 0.655 bits per heavy atom. The molecule has 0 N–H and O–H groups in total. The minimum atomic E-state index is -1.02. The van der Waals surface area contributed by atoms with E-state index in [2.05, 4.69) is 27.7 Å². The maximum absolute atomic E-state index is 13.4. The highest BCUT2D eigenvalue weighted by molar-refractivity contribution is 5.99. The Balaban J connectivity index is 1.53. The third-order valence-corrected chi connectivity index (χ3v) is 9.36. The third-order valence-electron chi connectivity index (χ3n) is 9.36. The van der Waals surface area contributed by atoms with Gasteiger partial charge in [-0.25, -0.2) is 9.59 Å². The van der Waals surface area contributed by atoms with E-state index in [0.29, 0.717) is 11.8 Å². The maximum atomic E-state index is 13.4. The van der Waals surface area contributed by atoms with Gasteiger partial charge in [0.2, 0.25) is 0 Å². The van der Waals surface area contributed by atoms with Crippen LogP contribution < -0.4 is 0 Å². The molecule has 5 heteroatoms. The standard InChI is InChI=1S/C24H38O5/c1-21(2)17(15-11-7-8-12-15)23(21,27-5)19(25)29-20(26)24(28-6)18(22(24,3)4)16-13-9-10-14-16/h15-18H,7-14H2,1-6H3. The van der Waals surface area contributed by atoms with Gasteiger partial charge in [-0.3, -0.25) is 0 Å². The first kappa shape index (κ1) is 21.3. The average molecular weight is 407 g/mol. The molecule has 4 rings (SSSR count). The van der Waals surface area contributed by atoms with Gasteiger partial charge in [0, 0.05) is 36.9 Å². The molecule has 4 aliphatic carbocycles. The lowest BCUT2D eigenvalue weighted by Gasteiger charge is -2.22. The molecule has 0 saturated heterocycles. The van der Waals surface area contributed by atoms with Crippen molar-refractivity contribution in [2.75, 3.05) is 14.2 Å². The van der Waals surface area contributed by atoms with Gasteiger partial charge in [-0.2, -0.15) is 0 Å². The van der Waals surface area contributed by atoms with Crippen LogP contribution in [0.4, 0.5) is 0 Å². The molecule has 29 heavy (non-hydrogen) atoms. The molecule has 0 amide bonds. The highest BCUT2D eigenvalue weighted by Gasteiger charge is 2.82. The van der Waals surface area contributed by atoms with Crippen LogP contribution in [0.15, 0.2) is 0 Å². The molecule has 0 bridgehead atoms. The molecule has 0 spiro atoms. The normalized spacial score (nSPS) is 40.8. The lowest BCUT2D eigenvalue weighted by molar-refractivity contribution is -0.181. The summed E-state index contributed by atoms with van der Waals surface area (Å²) in [6.45, 7) is 8.28. The van der Waals surface area contributed by atoms with Gasteiger partial charge in [0.25, 0.3) is 0 Å². The van der Waals surface area contributed by atoms with Crippen LogP contribution in [0.1, 0.15) is 79.1 Å². The Morgan fingerprint density at radius 3 is 1.24 bits per heavy atom. The first-order valence-corrected chi connectivity index (χ1v) is 11.5. The van der Waals surface area contributed by atoms with Crippen LogP contribution in [0.2, 0.25) is 0 Å². The highest BCUT2D eigenvalue weighted by atomic mass is 16.6. The van der Waals surface area contributed by atoms with E-state index in [9.17, 15) is 9.59 Å². The summed E-state index contributed by atoms with van der Waals surface area (Å²) in [4.78, 5) is 26.7. The van der Waals surface area contributed by atoms with Gasteiger partial charge in [-0.15, -0.1) is 0 Å². The Hall–Kier alpha value is -0.940. The van der Waals surface area contributed by atoms with Gasteiger partial charge in [0.1, 0.15) is 0 Å². The Bertz CT molecular complexity index is 627. The van der Waals surface area contributed by atoms with Crippen molar-refractivity contribution in [2.45, 2.75) is 90.3 Å². The summed E-state index contributed by atoms with van der Waals surface area (Å²) >= 11 is 0. The smallest absolute Gasteiger partial charge is 0.347 e. The summed E-state index contributed by atoms with van der Waals surface area (Å²) in [7, 11) is 3.16. The monoisotopic (exact) mass is 406 g/mol. The van der Waals surface area contributed by atoms with E-state index >= 15 is 0 Å². The van der Waals surface area contributed by atoms with Gasteiger partial charge < -0.3 is 14.2 Å². The quantitative estimate of drug-likeness (QED) is 0.479. The predicted octanol–water partition coefficient (Wildman–Crippen LogP) is 4.52. The highest BCUT2D eigenvalue weighted by Crippen LogP contribution is 2.71. The summed E-state index contributed by atoms with van der Waals surface area (Å²) < 4.78 is 17.3. The van der Waals surface area contributed by atoms with Crippen LogP contribution in [0, 0.1) is 34.5 Å². The number of methoxy groups -OCH3 is 2. The van der Waals surface area contributed by atoms with Crippen molar-refractivity contribution in [3.63, 3.8) is 0 Å². The predicted molar refractivity (Wildman–Crippen MR) is 109 cm³/mol. The van der Waals surface area contributed by atoms with Crippen LogP contribution >= 0.6 is 0 Å². The summed E-state index contributed by atoms with van der Waals surface area (Å²) in [5.74, 6) is 0.117. The zero-order chi connectivity index (χ0) is 21.2. The van der Waals surface area contributed by atoms with Crippen molar-refractivity contribution in [3.05, 3.63) is 0 Å². The fourth-order valence-corrected chi connectivity index (χ4v) is 7.91. The molecule has 164 valence electrons. The number of hydrogen-bond acceptors (Lipinski definition) is 5. The maximum Gasteiger partial charge on any atom is 0.347 e. The molecule has 5 nitrogen and oxygen atoms in total. The van der Waals surface area contributed by atoms with E-state index in [1.54, 1.807) is 14.2 Å². The molecule has 0 aliphatic heterocycles. The topological polar surface area (TPSA) is 61.8 Å². The van der Waals surface area contributed by atoms with E-state index in [1.807, 2.05) is 0 Å². The first-order valence-electron chi connectivity index (χ1n) is 11.5. The molecule has 0 aromatic carbocycles. The Labute approximate surface area is 175 Å². The van der Waals surface area contributed by atoms with Crippen molar-refractivity contribution in [1.29, 1.82) is 0 Å². The lowest BCUT2D eigenvalue weighted by Crippen LogP contribution is -2.41. The second kappa shape index (κ2) is 6.78. The summed E-state index contributed by atoms with van der Waals surface area (Å²) in [5.41, 5.74) is -2.68. The molecule has 4 atom stereocenters. The van der Waals surface area contributed by atoms with Crippen LogP contribution in [0.5, 0.6) is 0 Å². The second-order valence-corrected chi connectivity index (χ2v) is 11.0.